The molecule has 0 heterocycles. The van der Waals surface area contributed by atoms with Crippen molar-refractivity contribution in [2.75, 3.05) is 0 Å². The quantitative estimate of drug-likeness (QED) is 0.255. The maximum atomic E-state index is 12.5. The molecule has 0 rings (SSSR count). The zero-order chi connectivity index (χ0) is 21.8. The van der Waals surface area contributed by atoms with E-state index >= 15 is 0 Å². The van der Waals surface area contributed by atoms with Crippen LogP contribution in [0.4, 0.5) is 0 Å². The van der Waals surface area contributed by atoms with Crippen molar-refractivity contribution in [3.8, 4) is 0 Å². The summed E-state index contributed by atoms with van der Waals surface area (Å²) in [5.41, 5.74) is -0.987. The number of unbranched alkanes of at least 4 members (excludes halogenated alkanes) is 7. The molecule has 0 radical (unpaired) electrons. The summed E-state index contributed by atoms with van der Waals surface area (Å²) in [6.07, 6.45) is 11.1. The van der Waals surface area contributed by atoms with Gasteiger partial charge in [-0.25, -0.2) is 0 Å². The fourth-order valence-electron chi connectivity index (χ4n) is 5.46. The van der Waals surface area contributed by atoms with Crippen LogP contribution in [0.1, 0.15) is 119 Å². The average Bonchev–Trinajstić information content (AvgIpc) is 2.59. The smallest absolute Gasteiger partial charge is 0.309 e. The third kappa shape index (κ3) is 7.40. The molecule has 0 aromatic carbocycles. The first kappa shape index (κ1) is 26.9. The summed E-state index contributed by atoms with van der Waals surface area (Å²) in [4.78, 5) is 23.2. The van der Waals surface area contributed by atoms with Gasteiger partial charge in [-0.2, -0.15) is 0 Å². The van der Waals surface area contributed by atoms with Gasteiger partial charge < -0.3 is 10.2 Å². The Kier molecular flexibility index (Phi) is 12.7. The Balaban J connectivity index is 5.26. The van der Waals surface area contributed by atoms with Crippen molar-refractivity contribution in [2.45, 2.75) is 119 Å². The van der Waals surface area contributed by atoms with Gasteiger partial charge in [-0.1, -0.05) is 86.0 Å². The molecular formula is C24H46O4. The maximum absolute atomic E-state index is 12.5. The molecule has 0 aliphatic carbocycles. The average molecular weight is 399 g/mol. The molecule has 1 unspecified atom stereocenters. The second-order valence-corrected chi connectivity index (χ2v) is 9.46. The van der Waals surface area contributed by atoms with Crippen LogP contribution in [0.15, 0.2) is 0 Å². The largest absolute Gasteiger partial charge is 0.481 e. The van der Waals surface area contributed by atoms with Gasteiger partial charge in [0.2, 0.25) is 0 Å². The Bertz CT molecular complexity index is 448. The second-order valence-electron chi connectivity index (χ2n) is 9.46. The zero-order valence-electron chi connectivity index (χ0n) is 19.4. The number of hydrogen-bond donors (Lipinski definition) is 2. The van der Waals surface area contributed by atoms with E-state index in [1.807, 2.05) is 6.92 Å². The van der Waals surface area contributed by atoms with Crippen molar-refractivity contribution in [3.05, 3.63) is 0 Å². The van der Waals surface area contributed by atoms with Crippen molar-refractivity contribution < 1.29 is 19.8 Å². The van der Waals surface area contributed by atoms with Gasteiger partial charge in [0.25, 0.3) is 0 Å². The van der Waals surface area contributed by atoms with Gasteiger partial charge in [-0.3, -0.25) is 9.59 Å². The molecule has 0 saturated carbocycles. The van der Waals surface area contributed by atoms with Gasteiger partial charge in [0.15, 0.2) is 0 Å². The zero-order valence-corrected chi connectivity index (χ0v) is 19.4. The van der Waals surface area contributed by atoms with E-state index in [9.17, 15) is 14.7 Å². The highest BCUT2D eigenvalue weighted by Crippen LogP contribution is 2.56. The number of hydrogen-bond acceptors (Lipinski definition) is 2. The first-order chi connectivity index (χ1) is 13.1. The lowest BCUT2D eigenvalue weighted by Crippen LogP contribution is -2.52. The maximum Gasteiger partial charge on any atom is 0.309 e. The van der Waals surface area contributed by atoms with E-state index < -0.39 is 17.4 Å². The van der Waals surface area contributed by atoms with E-state index in [1.54, 1.807) is 0 Å². The van der Waals surface area contributed by atoms with Gasteiger partial charge in [0.05, 0.1) is 5.41 Å². The van der Waals surface area contributed by atoms with E-state index in [-0.39, 0.29) is 23.7 Å². The third-order valence-electron chi connectivity index (χ3n) is 7.07. The first-order valence-corrected chi connectivity index (χ1v) is 11.5. The minimum absolute atomic E-state index is 0.226. The van der Waals surface area contributed by atoms with E-state index in [2.05, 4.69) is 34.6 Å². The van der Waals surface area contributed by atoms with Crippen LogP contribution in [0.5, 0.6) is 0 Å². The fraction of sp³-hybridized carbons (Fsp3) is 0.917. The summed E-state index contributed by atoms with van der Waals surface area (Å²) in [6, 6.07) is 0. The van der Waals surface area contributed by atoms with Gasteiger partial charge >= 0.3 is 11.9 Å². The predicted molar refractivity (Wildman–Crippen MR) is 117 cm³/mol. The van der Waals surface area contributed by atoms with Gasteiger partial charge in [-0.15, -0.1) is 0 Å². The number of carbonyl (C=O) groups is 2. The lowest BCUT2D eigenvalue weighted by atomic mass is 9.50. The molecule has 28 heavy (non-hydrogen) atoms. The van der Waals surface area contributed by atoms with Crippen LogP contribution in [-0.4, -0.2) is 22.2 Å². The lowest BCUT2D eigenvalue weighted by Gasteiger charge is -2.53. The van der Waals surface area contributed by atoms with Crippen LogP contribution in [0.25, 0.3) is 0 Å². The minimum atomic E-state index is -0.736. The standard InChI is InChI=1S/C24H46O4/c1-7-8-9-11-14-17-23(6,22(27)28)24(19(2)3,20(4)5)18-15-12-10-13-16-21(25)26/h19-20H,7-18H2,1-6H3,(H,25,26)(H,27,28). The van der Waals surface area contributed by atoms with Crippen molar-refractivity contribution in [1.82, 2.24) is 0 Å². The molecule has 4 heteroatoms. The molecule has 0 spiro atoms. The molecule has 0 bridgehead atoms. The molecule has 166 valence electrons. The first-order valence-electron chi connectivity index (χ1n) is 11.5. The normalized spacial score (nSPS) is 14.4. The van der Waals surface area contributed by atoms with E-state index in [0.717, 1.165) is 44.9 Å². The summed E-state index contributed by atoms with van der Waals surface area (Å²) in [6.45, 7) is 12.9. The molecule has 0 aliphatic heterocycles. The van der Waals surface area contributed by atoms with E-state index in [1.165, 1.54) is 19.3 Å². The predicted octanol–water partition coefficient (Wildman–Crippen LogP) is 7.16. The Hall–Kier alpha value is -1.06. The molecule has 2 N–H and O–H groups in total. The number of rotatable bonds is 17. The van der Waals surface area contributed by atoms with Gasteiger partial charge in [0, 0.05) is 6.42 Å². The summed E-state index contributed by atoms with van der Waals surface area (Å²) in [5, 5.41) is 19.1. The monoisotopic (exact) mass is 398 g/mol. The molecule has 0 fully saturated rings. The Morgan fingerprint density at radius 3 is 1.64 bits per heavy atom. The molecule has 0 amide bonds. The minimum Gasteiger partial charge on any atom is -0.481 e. The van der Waals surface area contributed by atoms with Crippen molar-refractivity contribution in [1.29, 1.82) is 0 Å². The van der Waals surface area contributed by atoms with Crippen LogP contribution >= 0.6 is 0 Å². The van der Waals surface area contributed by atoms with Crippen LogP contribution in [0.2, 0.25) is 0 Å². The third-order valence-corrected chi connectivity index (χ3v) is 7.07. The topological polar surface area (TPSA) is 74.6 Å². The molecule has 0 aromatic rings. The Labute approximate surface area is 173 Å². The summed E-state index contributed by atoms with van der Waals surface area (Å²) >= 11 is 0. The van der Waals surface area contributed by atoms with Crippen LogP contribution in [0, 0.1) is 22.7 Å². The van der Waals surface area contributed by atoms with Crippen molar-refractivity contribution in [2.24, 2.45) is 22.7 Å². The Morgan fingerprint density at radius 2 is 1.21 bits per heavy atom. The van der Waals surface area contributed by atoms with Crippen molar-refractivity contribution in [3.63, 3.8) is 0 Å². The van der Waals surface area contributed by atoms with E-state index in [4.69, 9.17) is 5.11 Å². The molecule has 0 aromatic heterocycles. The van der Waals surface area contributed by atoms with Crippen LogP contribution < -0.4 is 0 Å². The summed E-state index contributed by atoms with van der Waals surface area (Å²) in [5.74, 6) is -0.831. The Morgan fingerprint density at radius 1 is 0.750 bits per heavy atom. The highest BCUT2D eigenvalue weighted by Gasteiger charge is 2.55. The summed E-state index contributed by atoms with van der Waals surface area (Å²) in [7, 11) is 0. The van der Waals surface area contributed by atoms with Crippen LogP contribution in [0.3, 0.4) is 0 Å². The van der Waals surface area contributed by atoms with Crippen molar-refractivity contribution >= 4 is 11.9 Å². The number of aliphatic carboxylic acids is 2. The fourth-order valence-corrected chi connectivity index (χ4v) is 5.46. The second kappa shape index (κ2) is 13.2. The summed E-state index contributed by atoms with van der Waals surface area (Å²) < 4.78 is 0. The molecule has 1 atom stereocenters. The highest BCUT2D eigenvalue weighted by molar-refractivity contribution is 5.75. The van der Waals surface area contributed by atoms with E-state index in [0.29, 0.717) is 6.42 Å². The van der Waals surface area contributed by atoms with Crippen LogP contribution in [-0.2, 0) is 9.59 Å². The number of carboxylic acid groups (broad SMARTS) is 2. The molecule has 0 saturated heterocycles. The van der Waals surface area contributed by atoms with Gasteiger partial charge in [0.1, 0.15) is 0 Å². The molecular weight excluding hydrogens is 352 g/mol. The van der Waals surface area contributed by atoms with Gasteiger partial charge in [-0.05, 0) is 43.4 Å². The number of carboxylic acids is 2. The SMILES string of the molecule is CCCCCCCC(C)(C(=O)O)C(CCCCCCC(=O)O)(C(C)C)C(C)C. The lowest BCUT2D eigenvalue weighted by molar-refractivity contribution is -0.167. The highest BCUT2D eigenvalue weighted by atomic mass is 16.4. The molecule has 4 nitrogen and oxygen atoms in total. The molecule has 0 aliphatic rings.